The minimum Gasteiger partial charge on any atom is -0.506 e. The van der Waals surface area contributed by atoms with Crippen LogP contribution >= 0.6 is 0 Å². The number of amides is 2. The lowest BCUT2D eigenvalue weighted by Crippen LogP contribution is -2.50. The second-order valence-electron chi connectivity index (χ2n) is 10.5. The van der Waals surface area contributed by atoms with Crippen molar-refractivity contribution in [3.8, 4) is 5.75 Å². The van der Waals surface area contributed by atoms with Gasteiger partial charge in [0.2, 0.25) is 5.91 Å². The Hall–Kier alpha value is -4.19. The van der Waals surface area contributed by atoms with E-state index in [0.717, 1.165) is 19.3 Å². The van der Waals surface area contributed by atoms with Crippen LogP contribution in [0.25, 0.3) is 10.9 Å². The molecule has 3 heterocycles. The molecule has 2 N–H and O–H groups in total. The number of carbonyl (C=O) groups excluding carboxylic acids is 2. The van der Waals surface area contributed by atoms with Crippen LogP contribution in [0.1, 0.15) is 42.1 Å². The zero-order valence-corrected chi connectivity index (χ0v) is 22.8. The summed E-state index contributed by atoms with van der Waals surface area (Å²) in [6.45, 7) is 3.43. The fourth-order valence-electron chi connectivity index (χ4n) is 5.35. The maximum atomic E-state index is 13.7. The number of aromatic hydroxyl groups is 1. The molecule has 2 aliphatic heterocycles. The van der Waals surface area contributed by atoms with Gasteiger partial charge in [0.1, 0.15) is 16.2 Å². The van der Waals surface area contributed by atoms with Crippen LogP contribution in [-0.2, 0) is 21.4 Å². The monoisotopic (exact) mass is 563 g/mol. The van der Waals surface area contributed by atoms with Gasteiger partial charge in [-0.15, -0.1) is 4.40 Å². The lowest BCUT2D eigenvalue weighted by Gasteiger charge is -2.34. The summed E-state index contributed by atoms with van der Waals surface area (Å²) in [5.74, 6) is -0.444. The molecule has 12 heteroatoms. The molecule has 1 aliphatic carbocycles. The van der Waals surface area contributed by atoms with Crippen LogP contribution in [-0.4, -0.2) is 71.7 Å². The van der Waals surface area contributed by atoms with Gasteiger partial charge in [-0.2, -0.15) is 8.42 Å². The van der Waals surface area contributed by atoms with Gasteiger partial charge < -0.3 is 24.8 Å². The van der Waals surface area contributed by atoms with Crippen molar-refractivity contribution in [3.63, 3.8) is 0 Å². The fourth-order valence-corrected chi connectivity index (χ4v) is 6.50. The highest BCUT2D eigenvalue weighted by Crippen LogP contribution is 2.35. The van der Waals surface area contributed by atoms with E-state index in [1.165, 1.54) is 25.1 Å². The molecule has 1 saturated heterocycles. The number of fused-ring (bicyclic) bond motifs is 2. The van der Waals surface area contributed by atoms with Crippen molar-refractivity contribution in [2.75, 3.05) is 31.5 Å². The van der Waals surface area contributed by atoms with Gasteiger partial charge in [-0.3, -0.25) is 14.4 Å². The standard InChI is InChI=1S/C28H29N5O6S/c1-17(34)31-12-14-32(15-13-31)27(36)19-8-9-21-23(16-19)40(38,39)30-26(29-21)24-25(35)20-4-2-3-5-22(20)33(28(24)37)11-10-18-6-7-18/h2-5,8-9,16,18,35H,6-7,10-15H2,1H3,(H,29,30). The lowest BCUT2D eigenvalue weighted by molar-refractivity contribution is -0.130. The van der Waals surface area contributed by atoms with Gasteiger partial charge in [-0.05, 0) is 42.7 Å². The van der Waals surface area contributed by atoms with Crippen molar-refractivity contribution >= 4 is 44.3 Å². The summed E-state index contributed by atoms with van der Waals surface area (Å²) in [5, 5.41) is 14.5. The number of sulfonamides is 1. The molecule has 2 amide bonds. The summed E-state index contributed by atoms with van der Waals surface area (Å²) >= 11 is 0. The van der Waals surface area contributed by atoms with Crippen molar-refractivity contribution in [3.05, 3.63) is 63.9 Å². The van der Waals surface area contributed by atoms with Crippen molar-refractivity contribution in [1.29, 1.82) is 0 Å². The molecule has 40 heavy (non-hydrogen) atoms. The van der Waals surface area contributed by atoms with Crippen molar-refractivity contribution in [2.45, 2.75) is 37.6 Å². The third-order valence-electron chi connectivity index (χ3n) is 7.82. The minimum absolute atomic E-state index is 0.0566. The summed E-state index contributed by atoms with van der Waals surface area (Å²) in [6.07, 6.45) is 3.07. The van der Waals surface area contributed by atoms with E-state index in [2.05, 4.69) is 9.71 Å². The molecule has 0 spiro atoms. The molecule has 2 aromatic carbocycles. The molecule has 11 nitrogen and oxygen atoms in total. The molecule has 0 bridgehead atoms. The van der Waals surface area contributed by atoms with Gasteiger partial charge in [0.15, 0.2) is 5.84 Å². The Balaban J connectivity index is 1.35. The number of hydrogen-bond donors (Lipinski definition) is 2. The molecule has 6 rings (SSSR count). The zero-order valence-electron chi connectivity index (χ0n) is 22.0. The number of anilines is 1. The maximum Gasteiger partial charge on any atom is 0.286 e. The van der Waals surface area contributed by atoms with E-state index in [0.29, 0.717) is 49.5 Å². The van der Waals surface area contributed by atoms with Gasteiger partial charge in [-0.1, -0.05) is 25.0 Å². The van der Waals surface area contributed by atoms with E-state index in [1.807, 2.05) is 0 Å². The minimum atomic E-state index is -4.32. The number of rotatable bonds is 5. The number of piperazine rings is 1. The Morgan fingerprint density at radius 3 is 2.45 bits per heavy atom. The van der Waals surface area contributed by atoms with Crippen LogP contribution in [0, 0.1) is 5.92 Å². The molecular weight excluding hydrogens is 534 g/mol. The van der Waals surface area contributed by atoms with Gasteiger partial charge in [-0.25, -0.2) is 0 Å². The number of para-hydroxylation sites is 1. The Labute approximate surface area is 230 Å². The van der Waals surface area contributed by atoms with Crippen molar-refractivity contribution < 1.29 is 23.1 Å². The Morgan fingerprint density at radius 2 is 1.75 bits per heavy atom. The summed E-state index contributed by atoms with van der Waals surface area (Å²) < 4.78 is 32.1. The molecule has 2 fully saturated rings. The smallest absolute Gasteiger partial charge is 0.286 e. The number of nitrogens with one attached hydrogen (secondary N) is 1. The molecule has 0 radical (unpaired) electrons. The molecule has 0 unspecified atom stereocenters. The third kappa shape index (κ3) is 4.61. The Kier molecular flexibility index (Phi) is 6.37. The highest BCUT2D eigenvalue weighted by molar-refractivity contribution is 7.90. The van der Waals surface area contributed by atoms with Gasteiger partial charge in [0, 0.05) is 50.6 Å². The molecule has 208 valence electrons. The number of amidine groups is 1. The Morgan fingerprint density at radius 1 is 1.05 bits per heavy atom. The van der Waals surface area contributed by atoms with E-state index >= 15 is 0 Å². The van der Waals surface area contributed by atoms with Crippen LogP contribution in [0.3, 0.4) is 0 Å². The average Bonchev–Trinajstić information content (AvgIpc) is 3.77. The third-order valence-corrected chi connectivity index (χ3v) is 9.14. The lowest BCUT2D eigenvalue weighted by atomic mass is 10.1. The predicted molar refractivity (Wildman–Crippen MR) is 149 cm³/mol. The fraction of sp³-hybridized carbons (Fsp3) is 0.357. The first kappa shape index (κ1) is 26.1. The first-order valence-corrected chi connectivity index (χ1v) is 14.7. The van der Waals surface area contributed by atoms with Gasteiger partial charge in [0.25, 0.3) is 21.5 Å². The van der Waals surface area contributed by atoms with E-state index in [-0.39, 0.29) is 45.1 Å². The van der Waals surface area contributed by atoms with Crippen LogP contribution < -0.4 is 10.9 Å². The van der Waals surface area contributed by atoms with Gasteiger partial charge >= 0.3 is 0 Å². The highest BCUT2D eigenvalue weighted by Gasteiger charge is 2.32. The average molecular weight is 564 g/mol. The number of nitrogens with zero attached hydrogens (tertiary/aromatic N) is 4. The number of pyridine rings is 1. The van der Waals surface area contributed by atoms with E-state index < -0.39 is 15.6 Å². The van der Waals surface area contributed by atoms with Crippen LogP contribution in [0.2, 0.25) is 0 Å². The number of hydrogen-bond acceptors (Lipinski definition) is 7. The van der Waals surface area contributed by atoms with Crippen LogP contribution in [0.5, 0.6) is 5.75 Å². The van der Waals surface area contributed by atoms with E-state index in [9.17, 15) is 27.9 Å². The van der Waals surface area contributed by atoms with Crippen LogP contribution in [0.4, 0.5) is 5.69 Å². The molecule has 3 aromatic rings. The maximum absolute atomic E-state index is 13.7. The first-order valence-electron chi connectivity index (χ1n) is 13.3. The second kappa shape index (κ2) is 9.77. The molecule has 1 saturated carbocycles. The zero-order chi connectivity index (χ0) is 28.2. The van der Waals surface area contributed by atoms with E-state index in [1.54, 1.807) is 38.6 Å². The SMILES string of the molecule is CC(=O)N1CCN(C(=O)c2ccc3c(c2)S(=O)(=O)N=C(c2c(O)c4ccccc4n(CCC4CC4)c2=O)N3)CC1. The first-order chi connectivity index (χ1) is 19.1. The summed E-state index contributed by atoms with van der Waals surface area (Å²) in [5.41, 5.74) is 0.154. The number of carbonyl (C=O) groups is 2. The molecule has 1 aromatic heterocycles. The van der Waals surface area contributed by atoms with Gasteiger partial charge in [0.05, 0.1) is 11.2 Å². The molecular formula is C28H29N5O6S. The summed E-state index contributed by atoms with van der Waals surface area (Å²) in [7, 11) is -4.32. The topological polar surface area (TPSA) is 141 Å². The predicted octanol–water partition coefficient (Wildman–Crippen LogP) is 2.37. The Bertz CT molecular complexity index is 1750. The highest BCUT2D eigenvalue weighted by atomic mass is 32.2. The second-order valence-corrected chi connectivity index (χ2v) is 12.1. The van der Waals surface area contributed by atoms with Crippen LogP contribution in [0.15, 0.2) is 56.6 Å². The van der Waals surface area contributed by atoms with E-state index in [4.69, 9.17) is 0 Å². The normalized spacial score (nSPS) is 18.2. The molecule has 3 aliphatic rings. The largest absolute Gasteiger partial charge is 0.506 e. The van der Waals surface area contributed by atoms with Crippen molar-refractivity contribution in [2.24, 2.45) is 10.3 Å². The number of aryl methyl sites for hydroxylation is 1. The van der Waals surface area contributed by atoms with Crippen molar-refractivity contribution in [1.82, 2.24) is 14.4 Å². The number of aromatic nitrogens is 1. The summed E-state index contributed by atoms with van der Waals surface area (Å²) in [4.78, 5) is 41.4. The number of benzene rings is 2. The summed E-state index contributed by atoms with van der Waals surface area (Å²) in [6, 6.07) is 11.2. The quantitative estimate of drug-likeness (QED) is 0.486. The molecule has 0 atom stereocenters.